The van der Waals surface area contributed by atoms with E-state index in [0.29, 0.717) is 12.8 Å². The molecule has 0 saturated carbocycles. The molecule has 106 valence electrons. The van der Waals surface area contributed by atoms with E-state index in [9.17, 15) is 4.39 Å². The fourth-order valence-electron chi connectivity index (χ4n) is 2.35. The van der Waals surface area contributed by atoms with Crippen LogP contribution in [0.3, 0.4) is 0 Å². The molecular formula is C17H16FN3. The van der Waals surface area contributed by atoms with Crippen molar-refractivity contribution in [1.82, 2.24) is 15.2 Å². The Hall–Kier alpha value is -2.49. The standard InChI is InChI=1S/C17H16FN3/c1-2-13-9-12(3-4-16(13)18)10-15-11-17(21-20-15)14-5-7-19-8-6-14/h3-9,11H,2,10H2,1H3,(H,20,21). The van der Waals surface area contributed by atoms with Crippen LogP contribution < -0.4 is 0 Å². The summed E-state index contributed by atoms with van der Waals surface area (Å²) in [6.45, 7) is 1.96. The second-order valence-corrected chi connectivity index (χ2v) is 4.97. The second-order valence-electron chi connectivity index (χ2n) is 4.97. The van der Waals surface area contributed by atoms with Crippen LogP contribution in [0, 0.1) is 5.82 Å². The molecule has 0 aliphatic carbocycles. The Morgan fingerprint density at radius 1 is 1.10 bits per heavy atom. The SMILES string of the molecule is CCc1cc(Cc2cc(-c3ccncc3)n[nH]2)ccc1F. The number of H-pyrrole nitrogens is 1. The van der Waals surface area contributed by atoms with E-state index < -0.39 is 0 Å². The van der Waals surface area contributed by atoms with E-state index in [1.165, 1.54) is 6.07 Å². The summed E-state index contributed by atoms with van der Waals surface area (Å²) < 4.78 is 13.5. The highest BCUT2D eigenvalue weighted by Crippen LogP contribution is 2.19. The molecule has 0 unspecified atom stereocenters. The predicted molar refractivity (Wildman–Crippen MR) is 80.4 cm³/mol. The third kappa shape index (κ3) is 2.99. The van der Waals surface area contributed by atoms with Gasteiger partial charge in [0.15, 0.2) is 0 Å². The molecule has 3 nitrogen and oxygen atoms in total. The Kier molecular flexibility index (Phi) is 3.77. The number of hydrogen-bond donors (Lipinski definition) is 1. The minimum Gasteiger partial charge on any atom is -0.282 e. The first-order valence-corrected chi connectivity index (χ1v) is 6.98. The van der Waals surface area contributed by atoms with Crippen molar-refractivity contribution in [2.75, 3.05) is 0 Å². The lowest BCUT2D eigenvalue weighted by atomic mass is 10.0. The number of aromatic amines is 1. The largest absolute Gasteiger partial charge is 0.282 e. The van der Waals surface area contributed by atoms with Crippen LogP contribution in [-0.2, 0) is 12.8 Å². The fraction of sp³-hybridized carbons (Fsp3) is 0.176. The molecule has 0 atom stereocenters. The average molecular weight is 281 g/mol. The summed E-state index contributed by atoms with van der Waals surface area (Å²) >= 11 is 0. The number of nitrogens with one attached hydrogen (secondary N) is 1. The van der Waals surface area contributed by atoms with Crippen molar-refractivity contribution in [3.8, 4) is 11.3 Å². The zero-order valence-corrected chi connectivity index (χ0v) is 11.8. The Morgan fingerprint density at radius 2 is 1.90 bits per heavy atom. The molecule has 0 aliphatic heterocycles. The predicted octanol–water partition coefficient (Wildman–Crippen LogP) is 3.76. The first-order chi connectivity index (χ1) is 10.3. The number of halogens is 1. The lowest BCUT2D eigenvalue weighted by Crippen LogP contribution is -1.93. The lowest BCUT2D eigenvalue weighted by molar-refractivity contribution is 0.611. The Labute approximate surface area is 122 Å². The summed E-state index contributed by atoms with van der Waals surface area (Å²) in [5, 5.41) is 7.36. The van der Waals surface area contributed by atoms with Gasteiger partial charge < -0.3 is 0 Å². The number of rotatable bonds is 4. The molecule has 3 aromatic rings. The third-order valence-corrected chi connectivity index (χ3v) is 3.49. The van der Waals surface area contributed by atoms with Crippen LogP contribution in [0.2, 0.25) is 0 Å². The number of benzene rings is 1. The molecule has 2 heterocycles. The summed E-state index contributed by atoms with van der Waals surface area (Å²) in [5.41, 5.74) is 4.76. The van der Waals surface area contributed by atoms with Gasteiger partial charge in [-0.15, -0.1) is 0 Å². The van der Waals surface area contributed by atoms with Crippen molar-refractivity contribution in [3.63, 3.8) is 0 Å². The highest BCUT2D eigenvalue weighted by Gasteiger charge is 2.06. The van der Waals surface area contributed by atoms with Crippen molar-refractivity contribution in [2.24, 2.45) is 0 Å². The van der Waals surface area contributed by atoms with Crippen LogP contribution in [0.4, 0.5) is 4.39 Å². The van der Waals surface area contributed by atoms with Crippen molar-refractivity contribution >= 4 is 0 Å². The molecule has 0 aliphatic rings. The second kappa shape index (κ2) is 5.87. The topological polar surface area (TPSA) is 41.6 Å². The van der Waals surface area contributed by atoms with Crippen LogP contribution >= 0.6 is 0 Å². The number of hydrogen-bond acceptors (Lipinski definition) is 2. The van der Waals surface area contributed by atoms with E-state index in [1.54, 1.807) is 12.4 Å². The molecule has 3 rings (SSSR count). The maximum atomic E-state index is 13.5. The highest BCUT2D eigenvalue weighted by atomic mass is 19.1. The molecule has 21 heavy (non-hydrogen) atoms. The maximum absolute atomic E-state index is 13.5. The van der Waals surface area contributed by atoms with Gasteiger partial charge in [-0.2, -0.15) is 5.10 Å². The van der Waals surface area contributed by atoms with E-state index in [4.69, 9.17) is 0 Å². The molecule has 0 saturated heterocycles. The normalized spacial score (nSPS) is 10.8. The molecule has 1 aromatic carbocycles. The van der Waals surface area contributed by atoms with E-state index in [2.05, 4.69) is 15.2 Å². The van der Waals surface area contributed by atoms with Crippen LogP contribution in [0.15, 0.2) is 48.8 Å². The monoisotopic (exact) mass is 281 g/mol. The van der Waals surface area contributed by atoms with Crippen molar-refractivity contribution in [2.45, 2.75) is 19.8 Å². The van der Waals surface area contributed by atoms with Gasteiger partial charge in [0.1, 0.15) is 5.82 Å². The summed E-state index contributed by atoms with van der Waals surface area (Å²) in [4.78, 5) is 4.00. The molecule has 0 amide bonds. The smallest absolute Gasteiger partial charge is 0.126 e. The summed E-state index contributed by atoms with van der Waals surface area (Å²) in [6, 6.07) is 11.1. The number of pyridine rings is 1. The van der Waals surface area contributed by atoms with Crippen molar-refractivity contribution in [3.05, 3.63) is 71.4 Å². The van der Waals surface area contributed by atoms with Gasteiger partial charge in [-0.1, -0.05) is 19.1 Å². The zero-order chi connectivity index (χ0) is 14.7. The molecule has 2 aromatic heterocycles. The fourth-order valence-corrected chi connectivity index (χ4v) is 2.35. The lowest BCUT2D eigenvalue weighted by Gasteiger charge is -2.03. The van der Waals surface area contributed by atoms with Gasteiger partial charge in [-0.25, -0.2) is 4.39 Å². The zero-order valence-electron chi connectivity index (χ0n) is 11.8. The van der Waals surface area contributed by atoms with E-state index >= 15 is 0 Å². The van der Waals surface area contributed by atoms with Crippen LogP contribution in [0.5, 0.6) is 0 Å². The number of aromatic nitrogens is 3. The van der Waals surface area contributed by atoms with Crippen molar-refractivity contribution < 1.29 is 4.39 Å². The number of nitrogens with zero attached hydrogens (tertiary/aromatic N) is 2. The minimum absolute atomic E-state index is 0.136. The molecule has 0 radical (unpaired) electrons. The Morgan fingerprint density at radius 3 is 2.67 bits per heavy atom. The summed E-state index contributed by atoms with van der Waals surface area (Å²) in [5.74, 6) is -0.136. The van der Waals surface area contributed by atoms with E-state index in [1.807, 2.05) is 37.3 Å². The first-order valence-electron chi connectivity index (χ1n) is 6.98. The molecule has 0 fully saturated rings. The van der Waals surface area contributed by atoms with Crippen molar-refractivity contribution in [1.29, 1.82) is 0 Å². The molecule has 0 spiro atoms. The first kappa shape index (κ1) is 13.5. The van der Waals surface area contributed by atoms with Gasteiger partial charge in [-0.05, 0) is 41.8 Å². The minimum atomic E-state index is -0.136. The van der Waals surface area contributed by atoms with Gasteiger partial charge in [0.2, 0.25) is 0 Å². The highest BCUT2D eigenvalue weighted by molar-refractivity contribution is 5.58. The third-order valence-electron chi connectivity index (χ3n) is 3.49. The van der Waals surface area contributed by atoms with Gasteiger partial charge in [0, 0.05) is 30.1 Å². The quantitative estimate of drug-likeness (QED) is 0.791. The summed E-state index contributed by atoms with van der Waals surface area (Å²) in [6.07, 6.45) is 4.91. The molecule has 1 N–H and O–H groups in total. The summed E-state index contributed by atoms with van der Waals surface area (Å²) in [7, 11) is 0. The van der Waals surface area contributed by atoms with E-state index in [-0.39, 0.29) is 5.82 Å². The maximum Gasteiger partial charge on any atom is 0.126 e. The molecule has 0 bridgehead atoms. The van der Waals surface area contributed by atoms with E-state index in [0.717, 1.165) is 28.1 Å². The Balaban J connectivity index is 1.82. The Bertz CT molecular complexity index is 735. The van der Waals surface area contributed by atoms with Gasteiger partial charge in [0.25, 0.3) is 0 Å². The van der Waals surface area contributed by atoms with Crippen LogP contribution in [0.1, 0.15) is 23.7 Å². The average Bonchev–Trinajstić information content (AvgIpc) is 2.98. The van der Waals surface area contributed by atoms with Gasteiger partial charge in [0.05, 0.1) is 5.69 Å². The van der Waals surface area contributed by atoms with Gasteiger partial charge in [-0.3, -0.25) is 10.1 Å². The van der Waals surface area contributed by atoms with Gasteiger partial charge >= 0.3 is 0 Å². The molecular weight excluding hydrogens is 265 g/mol. The van der Waals surface area contributed by atoms with Crippen LogP contribution in [0.25, 0.3) is 11.3 Å². The number of aryl methyl sites for hydroxylation is 1. The van der Waals surface area contributed by atoms with Crippen LogP contribution in [-0.4, -0.2) is 15.2 Å². The molecule has 4 heteroatoms.